The molecule has 2 bridgehead atoms. The van der Waals surface area contributed by atoms with Crippen LogP contribution in [-0.2, 0) is 9.59 Å². The average molecular weight is 339 g/mol. The van der Waals surface area contributed by atoms with E-state index in [0.717, 1.165) is 24.8 Å². The van der Waals surface area contributed by atoms with E-state index in [0.29, 0.717) is 17.5 Å². The molecule has 4 atom stereocenters. The first-order valence-electron chi connectivity index (χ1n) is 8.82. The fourth-order valence-corrected chi connectivity index (χ4v) is 4.44. The van der Waals surface area contributed by atoms with Crippen molar-refractivity contribution in [2.45, 2.75) is 38.6 Å². The summed E-state index contributed by atoms with van der Waals surface area (Å²) in [6, 6.07) is 6.86. The largest absolute Gasteiger partial charge is 0.331 e. The molecule has 130 valence electrons. The minimum Gasteiger partial charge on any atom is -0.277 e. The number of carbonyl (C=O) groups is 3. The first-order chi connectivity index (χ1) is 12.0. The van der Waals surface area contributed by atoms with Crippen molar-refractivity contribution in [2.75, 3.05) is 0 Å². The summed E-state index contributed by atoms with van der Waals surface area (Å²) >= 11 is 0. The second kappa shape index (κ2) is 6.10. The van der Waals surface area contributed by atoms with E-state index in [-0.39, 0.29) is 6.04 Å². The number of rotatable bonds is 3. The molecule has 1 N–H and O–H groups in total. The standard InChI is InChI=1S/C19H21N3O3/c1-11-4-2-3-5-15(11)20-10-14-17(23)21-19(25)22(18(14)24)16-9-12-6-7-13(16)8-12/h2-5,10,12-14,16H,6-9H2,1H3,(H,21,23,25)/t12-,13-,14+,16+/m0/s1. The van der Waals surface area contributed by atoms with Gasteiger partial charge in [-0.3, -0.25) is 24.8 Å². The summed E-state index contributed by atoms with van der Waals surface area (Å²) in [7, 11) is 0. The van der Waals surface area contributed by atoms with E-state index in [2.05, 4.69) is 10.3 Å². The molecule has 25 heavy (non-hydrogen) atoms. The van der Waals surface area contributed by atoms with E-state index in [1.54, 1.807) is 0 Å². The Kier molecular flexibility index (Phi) is 3.90. The first kappa shape index (κ1) is 16.0. The lowest BCUT2D eigenvalue weighted by molar-refractivity contribution is -0.141. The van der Waals surface area contributed by atoms with Gasteiger partial charge in [-0.05, 0) is 49.7 Å². The topological polar surface area (TPSA) is 78.8 Å². The van der Waals surface area contributed by atoms with Gasteiger partial charge in [-0.15, -0.1) is 0 Å². The maximum Gasteiger partial charge on any atom is 0.331 e. The van der Waals surface area contributed by atoms with Gasteiger partial charge in [0.2, 0.25) is 11.8 Å². The number of nitrogens with one attached hydrogen (secondary N) is 1. The van der Waals surface area contributed by atoms with E-state index in [4.69, 9.17) is 0 Å². The summed E-state index contributed by atoms with van der Waals surface area (Å²) in [5, 5.41) is 2.33. The highest BCUT2D eigenvalue weighted by Crippen LogP contribution is 2.47. The Labute approximate surface area is 146 Å². The fourth-order valence-electron chi connectivity index (χ4n) is 4.44. The lowest BCUT2D eigenvalue weighted by atomic mass is 9.92. The summed E-state index contributed by atoms with van der Waals surface area (Å²) in [5.41, 5.74) is 1.68. The number of nitrogens with zero attached hydrogens (tertiary/aromatic N) is 2. The molecular weight excluding hydrogens is 318 g/mol. The molecule has 0 unspecified atom stereocenters. The molecular formula is C19H21N3O3. The van der Waals surface area contributed by atoms with Crippen LogP contribution in [0.25, 0.3) is 0 Å². The van der Waals surface area contributed by atoms with Crippen LogP contribution >= 0.6 is 0 Å². The van der Waals surface area contributed by atoms with Crippen molar-refractivity contribution in [3.8, 4) is 0 Å². The number of hydrogen-bond donors (Lipinski definition) is 1. The molecule has 3 aliphatic rings. The van der Waals surface area contributed by atoms with Gasteiger partial charge in [0.15, 0.2) is 5.92 Å². The molecule has 3 fully saturated rings. The molecule has 6 heteroatoms. The number of hydrogen-bond acceptors (Lipinski definition) is 4. The van der Waals surface area contributed by atoms with Gasteiger partial charge >= 0.3 is 6.03 Å². The van der Waals surface area contributed by atoms with Crippen LogP contribution in [0.15, 0.2) is 29.3 Å². The molecule has 1 aliphatic heterocycles. The van der Waals surface area contributed by atoms with Crippen molar-refractivity contribution in [3.05, 3.63) is 29.8 Å². The number of carbonyl (C=O) groups excluding carboxylic acids is 3. The van der Waals surface area contributed by atoms with E-state index < -0.39 is 23.8 Å². The zero-order valence-electron chi connectivity index (χ0n) is 14.1. The van der Waals surface area contributed by atoms with Gasteiger partial charge in [-0.1, -0.05) is 24.6 Å². The molecule has 0 spiro atoms. The highest BCUT2D eigenvalue weighted by Gasteiger charge is 2.50. The number of urea groups is 1. The van der Waals surface area contributed by atoms with Crippen molar-refractivity contribution < 1.29 is 14.4 Å². The second-order valence-electron chi connectivity index (χ2n) is 7.29. The van der Waals surface area contributed by atoms with E-state index in [9.17, 15) is 14.4 Å². The summed E-state index contributed by atoms with van der Waals surface area (Å²) in [4.78, 5) is 42.9. The summed E-state index contributed by atoms with van der Waals surface area (Å²) in [6.07, 6.45) is 5.55. The monoisotopic (exact) mass is 339 g/mol. The van der Waals surface area contributed by atoms with Crippen molar-refractivity contribution >= 4 is 29.7 Å². The minimum atomic E-state index is -1.04. The highest BCUT2D eigenvalue weighted by atomic mass is 16.2. The van der Waals surface area contributed by atoms with Gasteiger partial charge in [0.25, 0.3) is 0 Å². The molecule has 4 amide bonds. The Morgan fingerprint density at radius 1 is 1.16 bits per heavy atom. The molecule has 1 heterocycles. The summed E-state index contributed by atoms with van der Waals surface area (Å²) in [6.45, 7) is 1.92. The van der Waals surface area contributed by atoms with Crippen LogP contribution in [0.3, 0.4) is 0 Å². The zero-order valence-corrected chi connectivity index (χ0v) is 14.1. The fraction of sp³-hybridized carbons (Fsp3) is 0.474. The van der Waals surface area contributed by atoms with Crippen molar-refractivity contribution in [3.63, 3.8) is 0 Å². The van der Waals surface area contributed by atoms with E-state index >= 15 is 0 Å². The van der Waals surface area contributed by atoms with Gasteiger partial charge < -0.3 is 0 Å². The lowest BCUT2D eigenvalue weighted by Gasteiger charge is -2.36. The average Bonchev–Trinajstić information content (AvgIpc) is 3.19. The number of barbiturate groups is 1. The Bertz CT molecular complexity index is 773. The number of amides is 4. The molecule has 1 aromatic carbocycles. The normalized spacial score (nSPS) is 31.9. The number of aryl methyl sites for hydroxylation is 1. The number of fused-ring (bicyclic) bond motifs is 2. The zero-order chi connectivity index (χ0) is 17.6. The van der Waals surface area contributed by atoms with Crippen LogP contribution in [-0.4, -0.2) is 35.0 Å². The van der Waals surface area contributed by atoms with Crippen molar-refractivity contribution in [1.82, 2.24) is 10.2 Å². The second-order valence-corrected chi connectivity index (χ2v) is 7.29. The SMILES string of the molecule is Cc1ccccc1N=C[C@@H]1C(=O)NC(=O)N([C@@H]2C[C@H]3CC[C@H]2C3)C1=O. The smallest absolute Gasteiger partial charge is 0.277 e. The van der Waals surface area contributed by atoms with Crippen molar-refractivity contribution in [2.24, 2.45) is 22.7 Å². The summed E-state index contributed by atoms with van der Waals surface area (Å²) < 4.78 is 0. The van der Waals surface area contributed by atoms with E-state index in [1.807, 2.05) is 31.2 Å². The van der Waals surface area contributed by atoms with Crippen LogP contribution in [0.5, 0.6) is 0 Å². The van der Waals surface area contributed by atoms with Gasteiger partial charge in [-0.2, -0.15) is 0 Å². The first-order valence-corrected chi connectivity index (χ1v) is 8.82. The molecule has 4 rings (SSSR count). The third-order valence-electron chi connectivity index (χ3n) is 5.75. The number of benzene rings is 1. The number of imide groups is 2. The maximum absolute atomic E-state index is 12.9. The van der Waals surface area contributed by atoms with Crippen LogP contribution in [0.1, 0.15) is 31.2 Å². The Hall–Kier alpha value is -2.50. The lowest BCUT2D eigenvalue weighted by Crippen LogP contribution is -2.62. The number of aliphatic imine (C=N–C) groups is 1. The van der Waals surface area contributed by atoms with Crippen LogP contribution < -0.4 is 5.32 Å². The van der Waals surface area contributed by atoms with Crippen molar-refractivity contribution in [1.29, 1.82) is 0 Å². The molecule has 0 aromatic heterocycles. The van der Waals surface area contributed by atoms with Gasteiger partial charge in [-0.25, -0.2) is 4.79 Å². The van der Waals surface area contributed by atoms with Gasteiger partial charge in [0.05, 0.1) is 5.69 Å². The predicted molar refractivity (Wildman–Crippen MR) is 92.4 cm³/mol. The third-order valence-corrected chi connectivity index (χ3v) is 5.75. The quantitative estimate of drug-likeness (QED) is 0.679. The molecule has 2 aliphatic carbocycles. The molecule has 2 saturated carbocycles. The number of para-hydroxylation sites is 1. The Balaban J connectivity index is 1.57. The maximum atomic E-state index is 12.9. The molecule has 1 saturated heterocycles. The van der Waals surface area contributed by atoms with Gasteiger partial charge in [0.1, 0.15) is 0 Å². The minimum absolute atomic E-state index is 0.0753. The Morgan fingerprint density at radius 3 is 2.64 bits per heavy atom. The summed E-state index contributed by atoms with van der Waals surface area (Å²) in [5.74, 6) is -1.10. The van der Waals surface area contributed by atoms with Crippen LogP contribution in [0, 0.1) is 24.7 Å². The van der Waals surface area contributed by atoms with E-state index in [1.165, 1.54) is 17.5 Å². The Morgan fingerprint density at radius 2 is 1.96 bits per heavy atom. The predicted octanol–water partition coefficient (Wildman–Crippen LogP) is 2.58. The molecule has 1 aromatic rings. The molecule has 6 nitrogen and oxygen atoms in total. The van der Waals surface area contributed by atoms with Crippen LogP contribution in [0.2, 0.25) is 0 Å². The van der Waals surface area contributed by atoms with Crippen LogP contribution in [0.4, 0.5) is 10.5 Å². The third kappa shape index (κ3) is 2.75. The van der Waals surface area contributed by atoms with Gasteiger partial charge in [0, 0.05) is 12.3 Å². The highest BCUT2D eigenvalue weighted by molar-refractivity contribution is 6.23. The molecule has 0 radical (unpaired) electrons.